The normalized spacial score (nSPS) is 10.9. The summed E-state index contributed by atoms with van der Waals surface area (Å²) in [5.74, 6) is 2.36. The molecule has 0 spiro atoms. The van der Waals surface area contributed by atoms with Crippen molar-refractivity contribution in [3.05, 3.63) is 53.6 Å². The molecule has 0 bridgehead atoms. The van der Waals surface area contributed by atoms with Gasteiger partial charge in [-0.15, -0.1) is 11.3 Å². The van der Waals surface area contributed by atoms with E-state index in [2.05, 4.69) is 15.0 Å². The van der Waals surface area contributed by atoms with E-state index in [0.717, 1.165) is 32.7 Å². The van der Waals surface area contributed by atoms with Crippen molar-refractivity contribution in [1.82, 2.24) is 19.9 Å². The summed E-state index contributed by atoms with van der Waals surface area (Å²) in [4.78, 5) is 17.4. The summed E-state index contributed by atoms with van der Waals surface area (Å²) in [5.41, 5.74) is 9.37. The molecule has 3 aromatic heterocycles. The van der Waals surface area contributed by atoms with Gasteiger partial charge in [0.2, 0.25) is 5.95 Å². The predicted molar refractivity (Wildman–Crippen MR) is 105 cm³/mol. The second kappa shape index (κ2) is 7.16. The average Bonchev–Trinajstić information content (AvgIpc) is 3.11. The maximum Gasteiger partial charge on any atom is 0.219 e. The lowest BCUT2D eigenvalue weighted by Crippen LogP contribution is -1.98. The van der Waals surface area contributed by atoms with Crippen LogP contribution in [-0.4, -0.2) is 34.2 Å². The average molecular weight is 379 g/mol. The molecule has 0 aliphatic carbocycles. The maximum atomic E-state index is 5.58. The first kappa shape index (κ1) is 17.2. The van der Waals surface area contributed by atoms with E-state index in [9.17, 15) is 0 Å². The fourth-order valence-corrected chi connectivity index (χ4v) is 3.68. The number of ether oxygens (including phenoxy) is 2. The van der Waals surface area contributed by atoms with Crippen LogP contribution in [0, 0.1) is 0 Å². The molecule has 2 N–H and O–H groups in total. The molecule has 27 heavy (non-hydrogen) atoms. The lowest BCUT2D eigenvalue weighted by molar-refractivity contribution is 0.354. The van der Waals surface area contributed by atoms with Gasteiger partial charge in [0.1, 0.15) is 5.82 Å². The topological polar surface area (TPSA) is 96.0 Å². The molecule has 0 atom stereocenters. The Hall–Kier alpha value is -3.26. The third-order valence-electron chi connectivity index (χ3n) is 4.16. The van der Waals surface area contributed by atoms with Crippen LogP contribution in [0.25, 0.3) is 21.3 Å². The molecule has 0 saturated heterocycles. The van der Waals surface area contributed by atoms with Crippen molar-refractivity contribution >= 4 is 27.5 Å². The highest BCUT2D eigenvalue weighted by Gasteiger charge is 2.12. The van der Waals surface area contributed by atoms with Crippen LogP contribution in [0.15, 0.2) is 42.2 Å². The number of benzene rings is 1. The van der Waals surface area contributed by atoms with Crippen molar-refractivity contribution in [1.29, 1.82) is 0 Å². The summed E-state index contributed by atoms with van der Waals surface area (Å²) < 4.78 is 11.7. The van der Waals surface area contributed by atoms with Gasteiger partial charge in [0, 0.05) is 41.5 Å². The van der Waals surface area contributed by atoms with Gasteiger partial charge in [0.15, 0.2) is 11.5 Å². The molecule has 0 aliphatic heterocycles. The van der Waals surface area contributed by atoms with Gasteiger partial charge < -0.3 is 15.2 Å². The van der Waals surface area contributed by atoms with Crippen molar-refractivity contribution in [3.8, 4) is 22.6 Å². The molecule has 136 valence electrons. The summed E-state index contributed by atoms with van der Waals surface area (Å²) >= 11 is 1.59. The first-order valence-corrected chi connectivity index (χ1v) is 9.08. The Morgan fingerprint density at radius 1 is 1.00 bits per heavy atom. The lowest BCUT2D eigenvalue weighted by Gasteiger charge is -2.09. The van der Waals surface area contributed by atoms with E-state index in [0.29, 0.717) is 17.9 Å². The summed E-state index contributed by atoms with van der Waals surface area (Å²) in [6.45, 7) is 0. The highest BCUT2D eigenvalue weighted by atomic mass is 32.1. The van der Waals surface area contributed by atoms with Crippen molar-refractivity contribution in [2.24, 2.45) is 0 Å². The molecule has 0 radical (unpaired) electrons. The number of nitrogen functional groups attached to an aromatic ring is 1. The second-order valence-electron chi connectivity index (χ2n) is 5.84. The van der Waals surface area contributed by atoms with Gasteiger partial charge in [-0.2, -0.15) is 0 Å². The fourth-order valence-electron chi connectivity index (χ4n) is 2.80. The minimum absolute atomic E-state index is 0.252. The zero-order chi connectivity index (χ0) is 18.8. The van der Waals surface area contributed by atoms with Crippen LogP contribution in [0.3, 0.4) is 0 Å². The molecule has 4 rings (SSSR count). The minimum atomic E-state index is 0.252. The highest BCUT2D eigenvalue weighted by molar-refractivity contribution is 7.17. The number of fused-ring (bicyclic) bond motifs is 1. The first-order chi connectivity index (χ1) is 13.2. The molecule has 7 nitrogen and oxygen atoms in total. The molecular formula is C19H17N5O2S. The van der Waals surface area contributed by atoms with Crippen molar-refractivity contribution < 1.29 is 9.47 Å². The van der Waals surface area contributed by atoms with E-state index in [1.807, 2.05) is 29.8 Å². The van der Waals surface area contributed by atoms with Crippen molar-refractivity contribution in [2.45, 2.75) is 6.42 Å². The second-order valence-corrected chi connectivity index (χ2v) is 6.76. The van der Waals surface area contributed by atoms with E-state index in [1.165, 1.54) is 0 Å². The SMILES string of the molecule is COc1ccc(Cc2ncc3scc(-c4cnc(N)nc4)c3n2)cc1OC. The molecule has 0 fully saturated rings. The number of thiophene rings is 1. The number of nitrogens with zero attached hydrogens (tertiary/aromatic N) is 4. The van der Waals surface area contributed by atoms with E-state index in [-0.39, 0.29) is 5.95 Å². The van der Waals surface area contributed by atoms with Crippen LogP contribution in [0.4, 0.5) is 5.95 Å². The Balaban J connectivity index is 1.69. The first-order valence-electron chi connectivity index (χ1n) is 8.20. The van der Waals surface area contributed by atoms with E-state index < -0.39 is 0 Å². The number of rotatable bonds is 5. The van der Waals surface area contributed by atoms with Gasteiger partial charge in [-0.05, 0) is 17.7 Å². The quantitative estimate of drug-likeness (QED) is 0.568. The predicted octanol–water partition coefficient (Wildman–Crippen LogP) is 3.34. The summed E-state index contributed by atoms with van der Waals surface area (Å²) in [6.07, 6.45) is 5.86. The molecule has 4 aromatic rings. The molecule has 0 aliphatic rings. The number of hydrogen-bond donors (Lipinski definition) is 1. The number of methoxy groups -OCH3 is 2. The van der Waals surface area contributed by atoms with Gasteiger partial charge in [0.05, 0.1) is 24.4 Å². The van der Waals surface area contributed by atoms with Crippen LogP contribution in [0.5, 0.6) is 11.5 Å². The third kappa shape index (κ3) is 3.39. The van der Waals surface area contributed by atoms with Crippen LogP contribution >= 0.6 is 11.3 Å². The van der Waals surface area contributed by atoms with Crippen LogP contribution in [-0.2, 0) is 6.42 Å². The lowest BCUT2D eigenvalue weighted by atomic mass is 10.1. The summed E-state index contributed by atoms with van der Waals surface area (Å²) in [6, 6.07) is 5.81. The van der Waals surface area contributed by atoms with Crippen LogP contribution < -0.4 is 15.2 Å². The van der Waals surface area contributed by atoms with Crippen molar-refractivity contribution in [2.75, 3.05) is 20.0 Å². The van der Waals surface area contributed by atoms with Crippen LogP contribution in [0.2, 0.25) is 0 Å². The number of aromatic nitrogens is 4. The Labute approximate surface area is 159 Å². The largest absolute Gasteiger partial charge is 0.493 e. The summed E-state index contributed by atoms with van der Waals surface area (Å²) in [5, 5.41) is 2.04. The zero-order valence-electron chi connectivity index (χ0n) is 14.8. The molecule has 8 heteroatoms. The molecule has 1 aromatic carbocycles. The third-order valence-corrected chi connectivity index (χ3v) is 5.06. The van der Waals surface area contributed by atoms with E-state index in [4.69, 9.17) is 20.2 Å². The van der Waals surface area contributed by atoms with Crippen molar-refractivity contribution in [3.63, 3.8) is 0 Å². The van der Waals surface area contributed by atoms with E-state index in [1.54, 1.807) is 38.0 Å². The van der Waals surface area contributed by atoms with Gasteiger partial charge in [0.25, 0.3) is 0 Å². The summed E-state index contributed by atoms with van der Waals surface area (Å²) in [7, 11) is 3.24. The standard InChI is InChI=1S/C19H17N5O2S/c1-25-14-4-3-11(5-15(14)26-2)6-17-21-9-16-18(24-17)13(10-27-16)12-7-22-19(20)23-8-12/h3-5,7-10H,6H2,1-2H3,(H2,20,22,23). The Bertz CT molecular complexity index is 1100. The maximum absolute atomic E-state index is 5.58. The number of hydrogen-bond acceptors (Lipinski definition) is 8. The molecule has 0 unspecified atom stereocenters. The number of anilines is 1. The van der Waals surface area contributed by atoms with Crippen LogP contribution in [0.1, 0.15) is 11.4 Å². The van der Waals surface area contributed by atoms with Gasteiger partial charge in [-0.1, -0.05) is 6.07 Å². The van der Waals surface area contributed by atoms with Gasteiger partial charge in [-0.3, -0.25) is 0 Å². The molecule has 3 heterocycles. The number of nitrogens with two attached hydrogens (primary N) is 1. The smallest absolute Gasteiger partial charge is 0.219 e. The van der Waals surface area contributed by atoms with Gasteiger partial charge >= 0.3 is 0 Å². The monoisotopic (exact) mass is 379 g/mol. The molecule has 0 amide bonds. The molecular weight excluding hydrogens is 362 g/mol. The molecule has 0 saturated carbocycles. The van der Waals surface area contributed by atoms with Gasteiger partial charge in [-0.25, -0.2) is 19.9 Å². The Morgan fingerprint density at radius 2 is 1.78 bits per heavy atom. The Kier molecular flexibility index (Phi) is 4.55. The highest BCUT2D eigenvalue weighted by Crippen LogP contribution is 2.32. The minimum Gasteiger partial charge on any atom is -0.493 e. The van der Waals surface area contributed by atoms with E-state index >= 15 is 0 Å². The Morgan fingerprint density at radius 3 is 2.52 bits per heavy atom. The zero-order valence-corrected chi connectivity index (χ0v) is 15.7. The fraction of sp³-hybridized carbons (Fsp3) is 0.158.